The topological polar surface area (TPSA) is 82.1 Å². The van der Waals surface area contributed by atoms with Gasteiger partial charge >= 0.3 is 12.3 Å². The van der Waals surface area contributed by atoms with Gasteiger partial charge in [0.05, 0.1) is 0 Å². The van der Waals surface area contributed by atoms with Gasteiger partial charge in [-0.15, -0.1) is 0 Å². The summed E-state index contributed by atoms with van der Waals surface area (Å²) < 4.78 is 15.1. The van der Waals surface area contributed by atoms with Crippen LogP contribution in [0.4, 0.5) is 9.59 Å². The molecule has 0 aliphatic heterocycles. The van der Waals surface area contributed by atoms with Gasteiger partial charge in [-0.2, -0.15) is 0 Å². The summed E-state index contributed by atoms with van der Waals surface area (Å²) in [7, 11) is 0. The Hall–Kier alpha value is -1.46. The van der Waals surface area contributed by atoms with Crippen molar-refractivity contribution >= 4 is 12.3 Å². The molecule has 0 aliphatic rings. The van der Waals surface area contributed by atoms with Gasteiger partial charge in [-0.05, 0) is 33.1 Å². The number of ether oxygens (including phenoxy) is 3. The molecule has 0 saturated heterocycles. The zero-order valence-electron chi connectivity index (χ0n) is 13.1. The molecule has 20 heavy (non-hydrogen) atoms. The third kappa shape index (κ3) is 6.12. The first-order valence-corrected chi connectivity index (χ1v) is 6.93. The highest BCUT2D eigenvalue weighted by Gasteiger charge is 2.36. The van der Waals surface area contributed by atoms with E-state index in [-0.39, 0.29) is 12.0 Å². The molecule has 0 aromatic carbocycles. The van der Waals surface area contributed by atoms with Crippen molar-refractivity contribution in [2.75, 3.05) is 0 Å². The molecule has 0 rings (SSSR count). The number of carbonyl (C=O) groups excluding carboxylic acids is 1. The average Bonchev–Trinajstić information content (AvgIpc) is 2.32. The van der Waals surface area contributed by atoms with Crippen LogP contribution in [0.3, 0.4) is 0 Å². The first-order chi connectivity index (χ1) is 9.13. The van der Waals surface area contributed by atoms with Crippen molar-refractivity contribution < 1.29 is 28.9 Å². The summed E-state index contributed by atoms with van der Waals surface area (Å²) in [6.07, 6.45) is -1.85. The van der Waals surface area contributed by atoms with E-state index in [2.05, 4.69) is 0 Å². The highest BCUT2D eigenvalue weighted by molar-refractivity contribution is 5.61. The molecular weight excluding hydrogens is 264 g/mol. The Kier molecular flexibility index (Phi) is 7.39. The van der Waals surface area contributed by atoms with Crippen LogP contribution in [0.15, 0.2) is 0 Å². The highest BCUT2D eigenvalue weighted by atomic mass is 16.7. The SMILES string of the molecule is CCC(C)C(C)OC(=O)OC(CC)C(C)(C)OC(=O)O. The summed E-state index contributed by atoms with van der Waals surface area (Å²) in [6.45, 7) is 10.7. The van der Waals surface area contributed by atoms with E-state index in [1.165, 1.54) is 0 Å². The molecule has 0 saturated carbocycles. The molecule has 0 aromatic heterocycles. The van der Waals surface area contributed by atoms with Gasteiger partial charge in [-0.25, -0.2) is 9.59 Å². The van der Waals surface area contributed by atoms with Crippen LogP contribution in [0.1, 0.15) is 54.4 Å². The zero-order chi connectivity index (χ0) is 15.9. The largest absolute Gasteiger partial charge is 0.508 e. The lowest BCUT2D eigenvalue weighted by Crippen LogP contribution is -2.43. The Bertz CT molecular complexity index is 326. The third-order valence-corrected chi connectivity index (χ3v) is 3.46. The Labute approximate surface area is 120 Å². The Morgan fingerprint density at radius 3 is 2.05 bits per heavy atom. The minimum atomic E-state index is -1.40. The van der Waals surface area contributed by atoms with Crippen molar-refractivity contribution in [1.82, 2.24) is 0 Å². The fourth-order valence-electron chi connectivity index (χ4n) is 1.75. The van der Waals surface area contributed by atoms with Crippen LogP contribution in [0.25, 0.3) is 0 Å². The molecule has 0 radical (unpaired) electrons. The molecule has 3 atom stereocenters. The van der Waals surface area contributed by atoms with Crippen molar-refractivity contribution in [3.63, 3.8) is 0 Å². The first-order valence-electron chi connectivity index (χ1n) is 6.93. The molecule has 0 fully saturated rings. The zero-order valence-corrected chi connectivity index (χ0v) is 13.1. The first kappa shape index (κ1) is 18.5. The maximum atomic E-state index is 11.7. The summed E-state index contributed by atoms with van der Waals surface area (Å²) >= 11 is 0. The van der Waals surface area contributed by atoms with Gasteiger partial charge < -0.3 is 19.3 Å². The van der Waals surface area contributed by atoms with Gasteiger partial charge in [0.15, 0.2) is 0 Å². The predicted molar refractivity (Wildman–Crippen MR) is 73.8 cm³/mol. The number of hydrogen-bond donors (Lipinski definition) is 1. The summed E-state index contributed by atoms with van der Waals surface area (Å²) in [5.41, 5.74) is -1.13. The minimum absolute atomic E-state index is 0.228. The van der Waals surface area contributed by atoms with Crippen LogP contribution in [-0.4, -0.2) is 35.2 Å². The molecule has 0 spiro atoms. The van der Waals surface area contributed by atoms with E-state index < -0.39 is 24.0 Å². The van der Waals surface area contributed by atoms with Gasteiger partial charge in [0.25, 0.3) is 0 Å². The molecule has 1 N–H and O–H groups in total. The van der Waals surface area contributed by atoms with E-state index in [1.807, 2.05) is 13.8 Å². The standard InChI is InChI=1S/C14H26O6/c1-7-9(3)10(4)18-13(17)19-11(8-2)14(5,6)20-12(15)16/h9-11H,7-8H2,1-6H3,(H,15,16). The van der Waals surface area contributed by atoms with Gasteiger partial charge in [0.1, 0.15) is 17.8 Å². The Morgan fingerprint density at radius 2 is 1.65 bits per heavy atom. The van der Waals surface area contributed by atoms with Gasteiger partial charge in [0, 0.05) is 0 Å². The predicted octanol–water partition coefficient (Wildman–Crippen LogP) is 3.83. The van der Waals surface area contributed by atoms with Gasteiger partial charge in [-0.3, -0.25) is 0 Å². The maximum Gasteiger partial charge on any atom is 0.508 e. The fraction of sp³-hybridized carbons (Fsp3) is 0.857. The Morgan fingerprint density at radius 1 is 1.10 bits per heavy atom. The van der Waals surface area contributed by atoms with Gasteiger partial charge in [-0.1, -0.05) is 27.2 Å². The van der Waals surface area contributed by atoms with Crippen molar-refractivity contribution in [3.05, 3.63) is 0 Å². The molecule has 0 heterocycles. The summed E-state index contributed by atoms with van der Waals surface area (Å²) in [5.74, 6) is 0.228. The van der Waals surface area contributed by atoms with Crippen molar-refractivity contribution in [3.8, 4) is 0 Å². The third-order valence-electron chi connectivity index (χ3n) is 3.46. The fourth-order valence-corrected chi connectivity index (χ4v) is 1.75. The van der Waals surface area contributed by atoms with Crippen LogP contribution >= 0.6 is 0 Å². The second-order valence-electron chi connectivity index (χ2n) is 5.44. The lowest BCUT2D eigenvalue weighted by Gasteiger charge is -2.31. The molecule has 0 bridgehead atoms. The van der Waals surface area contributed by atoms with Crippen LogP contribution in [0, 0.1) is 5.92 Å². The summed E-state index contributed by atoms with van der Waals surface area (Å²) in [6, 6.07) is 0. The molecule has 0 amide bonds. The number of carboxylic acid groups (broad SMARTS) is 1. The lowest BCUT2D eigenvalue weighted by molar-refractivity contribution is -0.100. The van der Waals surface area contributed by atoms with E-state index in [0.717, 1.165) is 6.42 Å². The van der Waals surface area contributed by atoms with E-state index >= 15 is 0 Å². The lowest BCUT2D eigenvalue weighted by atomic mass is 9.99. The maximum absolute atomic E-state index is 11.7. The van der Waals surface area contributed by atoms with Crippen LogP contribution in [-0.2, 0) is 14.2 Å². The van der Waals surface area contributed by atoms with Crippen molar-refractivity contribution in [2.24, 2.45) is 5.92 Å². The quantitative estimate of drug-likeness (QED) is 0.718. The molecule has 0 aliphatic carbocycles. The molecular formula is C14H26O6. The van der Waals surface area contributed by atoms with Crippen molar-refractivity contribution in [2.45, 2.75) is 72.2 Å². The van der Waals surface area contributed by atoms with Crippen LogP contribution in [0.2, 0.25) is 0 Å². The van der Waals surface area contributed by atoms with E-state index in [4.69, 9.17) is 19.3 Å². The molecule has 118 valence electrons. The second kappa shape index (κ2) is 7.97. The smallest absolute Gasteiger partial charge is 0.450 e. The number of hydrogen-bond acceptors (Lipinski definition) is 5. The number of rotatable bonds is 7. The minimum Gasteiger partial charge on any atom is -0.450 e. The molecule has 3 unspecified atom stereocenters. The van der Waals surface area contributed by atoms with Crippen LogP contribution < -0.4 is 0 Å². The molecule has 0 aromatic rings. The normalized spacial score (nSPS) is 15.9. The molecule has 6 nitrogen and oxygen atoms in total. The molecule has 6 heteroatoms. The monoisotopic (exact) mass is 290 g/mol. The number of carbonyl (C=O) groups is 2. The summed E-state index contributed by atoms with van der Waals surface area (Å²) in [4.78, 5) is 22.4. The Balaban J connectivity index is 4.56. The second-order valence-corrected chi connectivity index (χ2v) is 5.44. The highest BCUT2D eigenvalue weighted by Crippen LogP contribution is 2.22. The summed E-state index contributed by atoms with van der Waals surface area (Å²) in [5, 5.41) is 8.68. The van der Waals surface area contributed by atoms with E-state index in [1.54, 1.807) is 27.7 Å². The van der Waals surface area contributed by atoms with Crippen molar-refractivity contribution in [1.29, 1.82) is 0 Å². The van der Waals surface area contributed by atoms with E-state index in [9.17, 15) is 9.59 Å². The average molecular weight is 290 g/mol. The van der Waals surface area contributed by atoms with Gasteiger partial charge in [0.2, 0.25) is 0 Å². The van der Waals surface area contributed by atoms with E-state index in [0.29, 0.717) is 6.42 Å². The van der Waals surface area contributed by atoms with Crippen LogP contribution in [0.5, 0.6) is 0 Å².